The third kappa shape index (κ3) is 5.94. The molecule has 5 nitrogen and oxygen atoms in total. The van der Waals surface area contributed by atoms with E-state index in [1.807, 2.05) is 16.9 Å². The van der Waals surface area contributed by atoms with Crippen molar-refractivity contribution in [3.8, 4) is 0 Å². The van der Waals surface area contributed by atoms with Gasteiger partial charge in [0.1, 0.15) is 0 Å². The zero-order chi connectivity index (χ0) is 10.9. The maximum atomic E-state index is 4.41. The first-order chi connectivity index (χ1) is 7.36. The van der Waals surface area contributed by atoms with Crippen molar-refractivity contribution < 1.29 is 0 Å². The summed E-state index contributed by atoms with van der Waals surface area (Å²) < 4.78 is 1.87. The van der Waals surface area contributed by atoms with Gasteiger partial charge in [0.25, 0.3) is 0 Å². The van der Waals surface area contributed by atoms with Crippen LogP contribution in [0.4, 0.5) is 0 Å². The number of hydrogen-bond donors (Lipinski definition) is 2. The summed E-state index contributed by atoms with van der Waals surface area (Å²) in [6.07, 6.45) is 3.72. The molecule has 0 aliphatic heterocycles. The van der Waals surface area contributed by atoms with Gasteiger partial charge in [-0.05, 0) is 19.9 Å². The van der Waals surface area contributed by atoms with E-state index in [0.29, 0.717) is 0 Å². The van der Waals surface area contributed by atoms with Crippen LogP contribution in [-0.4, -0.2) is 35.4 Å². The highest BCUT2D eigenvalue weighted by atomic mass is 127. The molecular weight excluding hydrogens is 317 g/mol. The summed E-state index contributed by atoms with van der Waals surface area (Å²) >= 11 is 0. The quantitative estimate of drug-likeness (QED) is 0.480. The van der Waals surface area contributed by atoms with Crippen molar-refractivity contribution >= 4 is 29.9 Å². The second-order valence-electron chi connectivity index (χ2n) is 3.06. The highest BCUT2D eigenvalue weighted by Gasteiger charge is 1.93. The maximum absolute atomic E-state index is 4.41. The van der Waals surface area contributed by atoms with E-state index in [9.17, 15) is 0 Å². The molecule has 0 fully saturated rings. The van der Waals surface area contributed by atoms with Gasteiger partial charge in [-0.25, -0.2) is 0 Å². The zero-order valence-corrected chi connectivity index (χ0v) is 12.1. The van der Waals surface area contributed by atoms with E-state index < -0.39 is 0 Å². The minimum atomic E-state index is 0. The Morgan fingerprint density at radius 3 is 2.50 bits per heavy atom. The molecule has 0 saturated carbocycles. The fourth-order valence-corrected chi connectivity index (χ4v) is 1.21. The highest BCUT2D eigenvalue weighted by Crippen LogP contribution is 1.84. The third-order valence-corrected chi connectivity index (χ3v) is 1.85. The summed E-state index contributed by atoms with van der Waals surface area (Å²) in [5.41, 5.74) is 0. The predicted molar refractivity (Wildman–Crippen MR) is 77.3 cm³/mol. The summed E-state index contributed by atoms with van der Waals surface area (Å²) in [7, 11) is 0. The molecule has 0 aliphatic carbocycles. The van der Waals surface area contributed by atoms with Crippen LogP contribution in [-0.2, 0) is 6.54 Å². The average Bonchev–Trinajstić information content (AvgIpc) is 2.71. The minimum absolute atomic E-state index is 0. The molecule has 1 heterocycles. The lowest BCUT2D eigenvalue weighted by Gasteiger charge is -2.08. The fraction of sp³-hybridized carbons (Fsp3) is 0.600. The first-order valence-electron chi connectivity index (χ1n) is 5.36. The van der Waals surface area contributed by atoms with Gasteiger partial charge in [-0.15, -0.1) is 24.0 Å². The summed E-state index contributed by atoms with van der Waals surface area (Å²) in [5.74, 6) is 0.868. The largest absolute Gasteiger partial charge is 0.357 e. The normalized spacial score (nSPS) is 9.12. The van der Waals surface area contributed by atoms with Crippen molar-refractivity contribution in [3.63, 3.8) is 0 Å². The molecule has 1 aromatic heterocycles. The van der Waals surface area contributed by atoms with Crippen molar-refractivity contribution in [1.82, 2.24) is 20.4 Å². The van der Waals surface area contributed by atoms with E-state index in [2.05, 4.69) is 34.6 Å². The molecule has 1 aromatic rings. The van der Waals surface area contributed by atoms with E-state index >= 15 is 0 Å². The van der Waals surface area contributed by atoms with Crippen LogP contribution in [0.1, 0.15) is 13.8 Å². The molecule has 0 amide bonds. The second kappa shape index (κ2) is 9.44. The first kappa shape index (κ1) is 15.2. The number of aromatic nitrogens is 2. The van der Waals surface area contributed by atoms with E-state index in [1.165, 1.54) is 0 Å². The van der Waals surface area contributed by atoms with Crippen LogP contribution >= 0.6 is 24.0 Å². The fourth-order valence-electron chi connectivity index (χ4n) is 1.21. The molecule has 0 aromatic carbocycles. The Morgan fingerprint density at radius 2 is 2.00 bits per heavy atom. The SMILES string of the molecule is CCNC(=NCCn1cccn1)NCC.I. The predicted octanol–water partition coefficient (Wildman–Crippen LogP) is 1.08. The lowest BCUT2D eigenvalue weighted by atomic mass is 10.6. The number of nitrogens with one attached hydrogen (secondary N) is 2. The zero-order valence-electron chi connectivity index (χ0n) is 9.81. The number of aliphatic imine (C=N–C) groups is 1. The van der Waals surface area contributed by atoms with E-state index in [-0.39, 0.29) is 24.0 Å². The van der Waals surface area contributed by atoms with Gasteiger partial charge in [0, 0.05) is 25.5 Å². The van der Waals surface area contributed by atoms with Crippen LogP contribution in [0.2, 0.25) is 0 Å². The van der Waals surface area contributed by atoms with Crippen LogP contribution in [0.5, 0.6) is 0 Å². The molecule has 92 valence electrons. The standard InChI is InChI=1S/C10H19N5.HI/c1-3-11-10(12-4-2)13-7-9-15-8-5-6-14-15;/h5-6,8H,3-4,7,9H2,1-2H3,(H2,11,12,13);1H. The molecule has 0 bridgehead atoms. The molecule has 0 aliphatic rings. The Balaban J connectivity index is 0.00000225. The maximum Gasteiger partial charge on any atom is 0.191 e. The monoisotopic (exact) mass is 337 g/mol. The summed E-state index contributed by atoms with van der Waals surface area (Å²) in [6, 6.07) is 1.92. The third-order valence-electron chi connectivity index (χ3n) is 1.85. The molecular formula is C10H20IN5. The van der Waals surface area contributed by atoms with Gasteiger partial charge in [-0.3, -0.25) is 9.67 Å². The molecule has 0 radical (unpaired) electrons. The van der Waals surface area contributed by atoms with Crippen molar-refractivity contribution in [1.29, 1.82) is 0 Å². The lowest BCUT2D eigenvalue weighted by Crippen LogP contribution is -2.37. The molecule has 2 N–H and O–H groups in total. The van der Waals surface area contributed by atoms with E-state index in [4.69, 9.17) is 0 Å². The van der Waals surface area contributed by atoms with E-state index in [1.54, 1.807) is 6.20 Å². The first-order valence-corrected chi connectivity index (χ1v) is 5.36. The molecule has 16 heavy (non-hydrogen) atoms. The minimum Gasteiger partial charge on any atom is -0.357 e. The Morgan fingerprint density at radius 1 is 1.31 bits per heavy atom. The van der Waals surface area contributed by atoms with Gasteiger partial charge in [0.2, 0.25) is 0 Å². The summed E-state index contributed by atoms with van der Waals surface area (Å²) in [4.78, 5) is 4.41. The number of halogens is 1. The van der Waals surface area contributed by atoms with Crippen molar-refractivity contribution in [2.24, 2.45) is 4.99 Å². The number of hydrogen-bond acceptors (Lipinski definition) is 2. The van der Waals surface area contributed by atoms with Crippen LogP contribution in [0, 0.1) is 0 Å². The molecule has 6 heteroatoms. The number of guanidine groups is 1. The second-order valence-corrected chi connectivity index (χ2v) is 3.06. The van der Waals surface area contributed by atoms with Gasteiger partial charge < -0.3 is 10.6 Å². The van der Waals surface area contributed by atoms with Crippen LogP contribution < -0.4 is 10.6 Å². The molecule has 1 rings (SSSR count). The van der Waals surface area contributed by atoms with Gasteiger partial charge in [0.15, 0.2) is 5.96 Å². The van der Waals surface area contributed by atoms with Crippen LogP contribution in [0.3, 0.4) is 0 Å². The van der Waals surface area contributed by atoms with Crippen LogP contribution in [0.15, 0.2) is 23.5 Å². The van der Waals surface area contributed by atoms with Crippen molar-refractivity contribution in [2.75, 3.05) is 19.6 Å². The Hall–Kier alpha value is -0.790. The van der Waals surface area contributed by atoms with Gasteiger partial charge in [0.05, 0.1) is 13.1 Å². The number of rotatable bonds is 5. The average molecular weight is 337 g/mol. The lowest BCUT2D eigenvalue weighted by molar-refractivity contribution is 0.622. The van der Waals surface area contributed by atoms with Gasteiger partial charge in [-0.1, -0.05) is 0 Å². The van der Waals surface area contributed by atoms with Gasteiger partial charge in [-0.2, -0.15) is 5.10 Å². The molecule has 0 saturated heterocycles. The summed E-state index contributed by atoms with van der Waals surface area (Å²) in [5, 5.41) is 10.5. The van der Waals surface area contributed by atoms with Crippen LogP contribution in [0.25, 0.3) is 0 Å². The summed E-state index contributed by atoms with van der Waals surface area (Å²) in [6.45, 7) is 7.42. The number of nitrogens with zero attached hydrogens (tertiary/aromatic N) is 3. The Bertz CT molecular complexity index is 275. The highest BCUT2D eigenvalue weighted by molar-refractivity contribution is 14.0. The van der Waals surface area contributed by atoms with E-state index in [0.717, 1.165) is 32.1 Å². The topological polar surface area (TPSA) is 54.2 Å². The van der Waals surface area contributed by atoms with Crippen molar-refractivity contribution in [3.05, 3.63) is 18.5 Å². The Kier molecular flexibility index (Phi) is 8.97. The molecule has 0 spiro atoms. The smallest absolute Gasteiger partial charge is 0.191 e. The Labute approximate surface area is 114 Å². The molecule has 0 unspecified atom stereocenters. The molecule has 0 atom stereocenters. The van der Waals surface area contributed by atoms with Gasteiger partial charge >= 0.3 is 0 Å². The van der Waals surface area contributed by atoms with Crippen molar-refractivity contribution in [2.45, 2.75) is 20.4 Å².